The number of halogens is 1. The van der Waals surface area contributed by atoms with Gasteiger partial charge in [0.2, 0.25) is 0 Å². The molecule has 0 spiro atoms. The monoisotopic (exact) mass is 310 g/mol. The molecule has 0 amide bonds. The van der Waals surface area contributed by atoms with Crippen molar-refractivity contribution in [3.8, 4) is 5.69 Å². The van der Waals surface area contributed by atoms with Gasteiger partial charge < -0.3 is 5.11 Å². The second-order valence-electron chi connectivity index (χ2n) is 4.03. The summed E-state index contributed by atoms with van der Waals surface area (Å²) in [6, 6.07) is 6.68. The molecule has 5 nitrogen and oxygen atoms in total. The third kappa shape index (κ3) is 3.40. The van der Waals surface area contributed by atoms with E-state index in [1.165, 1.54) is 6.07 Å². The number of hydrogen-bond donors (Lipinski definition) is 1. The summed E-state index contributed by atoms with van der Waals surface area (Å²) in [7, 11) is 0. The number of carboxylic acid groups (broad SMARTS) is 1. The maximum absolute atomic E-state index is 11.4. The SMILES string of the molecule is Cc1ccc(Cl)cc1-n1ccc(=O)nc1SCC(=O)O. The molecule has 1 N–H and O–H groups in total. The van der Waals surface area contributed by atoms with Crippen LogP contribution in [0.25, 0.3) is 5.69 Å². The van der Waals surface area contributed by atoms with Gasteiger partial charge in [0.15, 0.2) is 5.16 Å². The second-order valence-corrected chi connectivity index (χ2v) is 5.41. The summed E-state index contributed by atoms with van der Waals surface area (Å²) in [4.78, 5) is 25.9. The number of hydrogen-bond acceptors (Lipinski definition) is 4. The van der Waals surface area contributed by atoms with Crippen LogP contribution in [0.1, 0.15) is 5.56 Å². The van der Waals surface area contributed by atoms with E-state index in [4.69, 9.17) is 16.7 Å². The van der Waals surface area contributed by atoms with Crippen LogP contribution in [0.15, 0.2) is 40.4 Å². The number of carboxylic acids is 1. The van der Waals surface area contributed by atoms with E-state index in [1.807, 2.05) is 13.0 Å². The number of aromatic nitrogens is 2. The van der Waals surface area contributed by atoms with E-state index < -0.39 is 11.5 Å². The molecule has 2 rings (SSSR count). The highest BCUT2D eigenvalue weighted by atomic mass is 35.5. The highest BCUT2D eigenvalue weighted by molar-refractivity contribution is 7.99. The summed E-state index contributed by atoms with van der Waals surface area (Å²) in [5, 5.41) is 9.63. The summed E-state index contributed by atoms with van der Waals surface area (Å²) in [6.45, 7) is 1.90. The maximum atomic E-state index is 11.4. The molecule has 1 aromatic carbocycles. The molecule has 104 valence electrons. The fourth-order valence-electron chi connectivity index (χ4n) is 1.64. The lowest BCUT2D eigenvalue weighted by Crippen LogP contribution is -2.13. The van der Waals surface area contributed by atoms with Crippen molar-refractivity contribution in [3.63, 3.8) is 0 Å². The summed E-state index contributed by atoms with van der Waals surface area (Å²) < 4.78 is 1.66. The summed E-state index contributed by atoms with van der Waals surface area (Å²) in [6.07, 6.45) is 1.57. The maximum Gasteiger partial charge on any atom is 0.313 e. The Morgan fingerprint density at radius 1 is 1.45 bits per heavy atom. The Morgan fingerprint density at radius 3 is 2.90 bits per heavy atom. The van der Waals surface area contributed by atoms with E-state index in [0.29, 0.717) is 10.2 Å². The predicted octanol–water partition coefficient (Wildman–Crippen LogP) is 2.37. The van der Waals surface area contributed by atoms with Gasteiger partial charge in [-0.1, -0.05) is 29.4 Å². The Morgan fingerprint density at radius 2 is 2.20 bits per heavy atom. The Hall–Kier alpha value is -1.79. The molecule has 0 fully saturated rings. The van der Waals surface area contributed by atoms with Crippen molar-refractivity contribution >= 4 is 29.3 Å². The van der Waals surface area contributed by atoms with Crippen LogP contribution in [0.5, 0.6) is 0 Å². The smallest absolute Gasteiger partial charge is 0.313 e. The molecule has 0 saturated heterocycles. The van der Waals surface area contributed by atoms with E-state index >= 15 is 0 Å². The van der Waals surface area contributed by atoms with Gasteiger partial charge in [-0.25, -0.2) is 0 Å². The van der Waals surface area contributed by atoms with E-state index in [2.05, 4.69) is 4.98 Å². The molecule has 2 aromatic rings. The third-order valence-electron chi connectivity index (χ3n) is 2.53. The zero-order chi connectivity index (χ0) is 14.7. The fourth-order valence-corrected chi connectivity index (χ4v) is 2.51. The number of aryl methyl sites for hydroxylation is 1. The molecule has 1 heterocycles. The topological polar surface area (TPSA) is 72.2 Å². The lowest BCUT2D eigenvalue weighted by atomic mass is 10.2. The minimum absolute atomic E-state index is 0.171. The molecule has 20 heavy (non-hydrogen) atoms. The van der Waals surface area contributed by atoms with Crippen molar-refractivity contribution in [1.82, 2.24) is 9.55 Å². The Bertz CT molecular complexity index is 715. The number of benzene rings is 1. The van der Waals surface area contributed by atoms with Crippen molar-refractivity contribution in [3.05, 3.63) is 51.4 Å². The van der Waals surface area contributed by atoms with E-state index in [-0.39, 0.29) is 5.75 Å². The Kier molecular flexibility index (Phi) is 4.46. The predicted molar refractivity (Wildman–Crippen MR) is 77.9 cm³/mol. The number of nitrogens with zero attached hydrogens (tertiary/aromatic N) is 2. The van der Waals surface area contributed by atoms with Gasteiger partial charge >= 0.3 is 5.97 Å². The molecule has 0 aliphatic carbocycles. The van der Waals surface area contributed by atoms with Crippen molar-refractivity contribution in [1.29, 1.82) is 0 Å². The van der Waals surface area contributed by atoms with Crippen LogP contribution in [-0.2, 0) is 4.79 Å². The highest BCUT2D eigenvalue weighted by Crippen LogP contribution is 2.23. The van der Waals surface area contributed by atoms with Crippen LogP contribution < -0.4 is 5.56 Å². The normalized spacial score (nSPS) is 10.5. The molecule has 0 unspecified atom stereocenters. The minimum Gasteiger partial charge on any atom is -0.481 e. The molecule has 7 heteroatoms. The molecule has 0 aliphatic rings. The van der Waals surface area contributed by atoms with Crippen LogP contribution in [0.3, 0.4) is 0 Å². The number of aliphatic carboxylic acids is 1. The van der Waals surface area contributed by atoms with Crippen LogP contribution in [0, 0.1) is 6.92 Å². The van der Waals surface area contributed by atoms with Gasteiger partial charge in [0, 0.05) is 17.3 Å². The standard InChI is InChI=1S/C13H11ClN2O3S/c1-8-2-3-9(14)6-10(8)16-5-4-11(17)15-13(16)20-7-12(18)19/h2-6H,7H2,1H3,(H,18,19). The quantitative estimate of drug-likeness (QED) is 0.693. The molecule has 1 aromatic heterocycles. The van der Waals surface area contributed by atoms with Gasteiger partial charge in [-0.3, -0.25) is 14.2 Å². The van der Waals surface area contributed by atoms with Crippen molar-refractivity contribution < 1.29 is 9.90 Å². The summed E-state index contributed by atoms with van der Waals surface area (Å²) in [5.41, 5.74) is 1.30. The van der Waals surface area contributed by atoms with Gasteiger partial charge in [-0.05, 0) is 24.6 Å². The molecular weight excluding hydrogens is 300 g/mol. The first-order valence-electron chi connectivity index (χ1n) is 5.68. The molecule has 0 aliphatic heterocycles. The molecule has 0 saturated carbocycles. The van der Waals surface area contributed by atoms with Gasteiger partial charge in [0.25, 0.3) is 5.56 Å². The molecular formula is C13H11ClN2O3S. The lowest BCUT2D eigenvalue weighted by molar-refractivity contribution is -0.133. The highest BCUT2D eigenvalue weighted by Gasteiger charge is 2.10. The van der Waals surface area contributed by atoms with Crippen LogP contribution in [0.4, 0.5) is 0 Å². The number of carbonyl (C=O) groups is 1. The summed E-state index contributed by atoms with van der Waals surface area (Å²) >= 11 is 6.97. The zero-order valence-corrected chi connectivity index (χ0v) is 12.1. The molecule has 0 radical (unpaired) electrons. The van der Waals surface area contributed by atoms with E-state index in [1.54, 1.807) is 22.9 Å². The van der Waals surface area contributed by atoms with Crippen LogP contribution in [0.2, 0.25) is 5.02 Å². The minimum atomic E-state index is -0.970. The van der Waals surface area contributed by atoms with Gasteiger partial charge in [0.1, 0.15) is 0 Å². The fraction of sp³-hybridized carbons (Fsp3) is 0.154. The lowest BCUT2D eigenvalue weighted by Gasteiger charge is -2.13. The Labute approximate surface area is 124 Å². The van der Waals surface area contributed by atoms with Crippen molar-refractivity contribution in [2.75, 3.05) is 5.75 Å². The van der Waals surface area contributed by atoms with Crippen LogP contribution in [-0.4, -0.2) is 26.4 Å². The van der Waals surface area contributed by atoms with E-state index in [0.717, 1.165) is 23.0 Å². The second kappa shape index (κ2) is 6.11. The molecule has 0 atom stereocenters. The van der Waals surface area contributed by atoms with Crippen molar-refractivity contribution in [2.24, 2.45) is 0 Å². The molecule has 0 bridgehead atoms. The third-order valence-corrected chi connectivity index (χ3v) is 3.71. The average molecular weight is 311 g/mol. The Balaban J connectivity index is 2.52. The number of rotatable bonds is 4. The average Bonchev–Trinajstić information content (AvgIpc) is 2.39. The van der Waals surface area contributed by atoms with Crippen LogP contribution >= 0.6 is 23.4 Å². The van der Waals surface area contributed by atoms with Gasteiger partial charge in [-0.2, -0.15) is 4.98 Å². The summed E-state index contributed by atoms with van der Waals surface area (Å²) in [5.74, 6) is -1.14. The zero-order valence-electron chi connectivity index (χ0n) is 10.5. The van der Waals surface area contributed by atoms with E-state index in [9.17, 15) is 9.59 Å². The van der Waals surface area contributed by atoms with Crippen molar-refractivity contribution in [2.45, 2.75) is 12.1 Å². The van der Waals surface area contributed by atoms with Gasteiger partial charge in [-0.15, -0.1) is 0 Å². The van der Waals surface area contributed by atoms with Gasteiger partial charge in [0.05, 0.1) is 11.4 Å². The largest absolute Gasteiger partial charge is 0.481 e. The first kappa shape index (κ1) is 14.6. The first-order chi connectivity index (χ1) is 9.47. The first-order valence-corrected chi connectivity index (χ1v) is 7.04. The number of thioether (sulfide) groups is 1.